The number of nitrogens with zero attached hydrogens (tertiary/aromatic N) is 3. The van der Waals surface area contributed by atoms with Gasteiger partial charge in [0, 0.05) is 36.3 Å². The highest BCUT2D eigenvalue weighted by Crippen LogP contribution is 2.26. The van der Waals surface area contributed by atoms with Crippen LogP contribution in [0.4, 0.5) is 4.39 Å². The van der Waals surface area contributed by atoms with E-state index in [-0.39, 0.29) is 12.4 Å². The summed E-state index contributed by atoms with van der Waals surface area (Å²) in [6, 6.07) is 4.47. The predicted molar refractivity (Wildman–Crippen MR) is 107 cm³/mol. The third-order valence-electron chi connectivity index (χ3n) is 4.65. The lowest BCUT2D eigenvalue weighted by atomic mass is 10.00. The third kappa shape index (κ3) is 4.33. The molecular formula is C20H26FN5O2. The van der Waals surface area contributed by atoms with Crippen molar-refractivity contribution in [3.63, 3.8) is 0 Å². The summed E-state index contributed by atoms with van der Waals surface area (Å²) >= 11 is 0. The highest BCUT2D eigenvalue weighted by atomic mass is 19.1. The number of fused-ring (bicyclic) bond motifs is 1. The van der Waals surface area contributed by atoms with Crippen molar-refractivity contribution in [1.29, 1.82) is 0 Å². The molecule has 0 aliphatic heterocycles. The Morgan fingerprint density at radius 1 is 1.39 bits per heavy atom. The number of nitrogens with one attached hydrogen (secondary N) is 2. The van der Waals surface area contributed by atoms with Crippen LogP contribution in [0.3, 0.4) is 0 Å². The molecule has 0 bridgehead atoms. The largest absolute Gasteiger partial charge is 0.459 e. The minimum atomic E-state index is -1.10. The van der Waals surface area contributed by atoms with Gasteiger partial charge in [-0.2, -0.15) is 5.10 Å². The Labute approximate surface area is 163 Å². The van der Waals surface area contributed by atoms with Gasteiger partial charge in [-0.3, -0.25) is 4.68 Å². The Balaban J connectivity index is 1.73. The number of aliphatic hydroxyl groups is 1. The number of aryl methyl sites for hydroxylation is 2. The molecule has 2 heterocycles. The van der Waals surface area contributed by atoms with Crippen LogP contribution in [0.2, 0.25) is 0 Å². The molecule has 0 aliphatic rings. The lowest BCUT2D eigenvalue weighted by molar-refractivity contribution is 0.0616. The van der Waals surface area contributed by atoms with Crippen molar-refractivity contribution in [2.75, 3.05) is 13.1 Å². The van der Waals surface area contributed by atoms with E-state index in [1.165, 1.54) is 12.1 Å². The minimum Gasteiger partial charge on any atom is -0.459 e. The van der Waals surface area contributed by atoms with Crippen LogP contribution in [0.15, 0.2) is 40.0 Å². The van der Waals surface area contributed by atoms with E-state index in [1.54, 1.807) is 37.1 Å². The van der Waals surface area contributed by atoms with E-state index in [0.717, 1.165) is 10.9 Å². The Kier molecular flexibility index (Phi) is 5.69. The summed E-state index contributed by atoms with van der Waals surface area (Å²) in [5.74, 6) is 0.939. The van der Waals surface area contributed by atoms with Crippen molar-refractivity contribution in [1.82, 2.24) is 20.4 Å². The van der Waals surface area contributed by atoms with Gasteiger partial charge in [0.05, 0.1) is 12.7 Å². The minimum absolute atomic E-state index is 0.259. The Morgan fingerprint density at radius 2 is 2.18 bits per heavy atom. The van der Waals surface area contributed by atoms with E-state index >= 15 is 0 Å². The fourth-order valence-corrected chi connectivity index (χ4v) is 2.94. The van der Waals surface area contributed by atoms with Crippen molar-refractivity contribution in [2.45, 2.75) is 32.9 Å². The number of benzene rings is 1. The maximum atomic E-state index is 13.5. The zero-order valence-electron chi connectivity index (χ0n) is 16.6. The molecule has 0 saturated carbocycles. The maximum absolute atomic E-state index is 13.5. The number of hydrogen-bond acceptors (Lipinski definition) is 4. The molecule has 8 heteroatoms. The Bertz CT molecular complexity index is 990. The number of furan rings is 1. The highest BCUT2D eigenvalue weighted by Gasteiger charge is 2.25. The van der Waals surface area contributed by atoms with Crippen LogP contribution in [0, 0.1) is 12.7 Å². The van der Waals surface area contributed by atoms with E-state index in [2.05, 4.69) is 20.7 Å². The van der Waals surface area contributed by atoms with E-state index in [0.29, 0.717) is 36.0 Å². The van der Waals surface area contributed by atoms with Crippen LogP contribution < -0.4 is 10.6 Å². The molecular weight excluding hydrogens is 361 g/mol. The third-order valence-corrected chi connectivity index (χ3v) is 4.65. The number of halogens is 1. The van der Waals surface area contributed by atoms with Crippen LogP contribution in [-0.2, 0) is 19.2 Å². The summed E-state index contributed by atoms with van der Waals surface area (Å²) in [5.41, 5.74) is 1.13. The molecule has 0 saturated heterocycles. The Hall–Kier alpha value is -2.87. The molecule has 3 aromatic rings. The zero-order chi connectivity index (χ0) is 20.3. The molecule has 1 aromatic carbocycles. The van der Waals surface area contributed by atoms with Crippen molar-refractivity contribution >= 4 is 16.9 Å². The smallest absolute Gasteiger partial charge is 0.191 e. The van der Waals surface area contributed by atoms with Gasteiger partial charge in [-0.15, -0.1) is 0 Å². The molecule has 0 radical (unpaired) electrons. The molecule has 1 atom stereocenters. The maximum Gasteiger partial charge on any atom is 0.191 e. The molecule has 3 rings (SSSR count). The van der Waals surface area contributed by atoms with E-state index in [1.807, 2.05) is 13.8 Å². The van der Waals surface area contributed by atoms with Gasteiger partial charge in [0.1, 0.15) is 29.3 Å². The van der Waals surface area contributed by atoms with Crippen LogP contribution in [-0.4, -0.2) is 33.9 Å². The Morgan fingerprint density at radius 3 is 2.86 bits per heavy atom. The lowest BCUT2D eigenvalue weighted by Crippen LogP contribution is -2.44. The molecule has 2 aromatic heterocycles. The summed E-state index contributed by atoms with van der Waals surface area (Å²) in [7, 11) is 1.81. The van der Waals surface area contributed by atoms with Gasteiger partial charge < -0.3 is 20.2 Å². The number of aromatic nitrogens is 2. The fraction of sp³-hybridized carbons (Fsp3) is 0.400. The molecule has 1 unspecified atom stereocenters. The normalized spacial score (nSPS) is 14.3. The number of hydrogen-bond donors (Lipinski definition) is 3. The van der Waals surface area contributed by atoms with Crippen molar-refractivity contribution < 1.29 is 13.9 Å². The first-order valence-corrected chi connectivity index (χ1v) is 9.21. The fourth-order valence-electron chi connectivity index (χ4n) is 2.94. The number of guanidine groups is 1. The summed E-state index contributed by atoms with van der Waals surface area (Å²) in [6.45, 7) is 6.81. The van der Waals surface area contributed by atoms with Gasteiger partial charge in [0.25, 0.3) is 0 Å². The molecule has 28 heavy (non-hydrogen) atoms. The van der Waals surface area contributed by atoms with Crippen LogP contribution in [0.25, 0.3) is 11.0 Å². The van der Waals surface area contributed by atoms with Crippen molar-refractivity contribution in [3.05, 3.63) is 53.3 Å². The first-order valence-electron chi connectivity index (χ1n) is 9.21. The van der Waals surface area contributed by atoms with Gasteiger partial charge in [-0.1, -0.05) is 0 Å². The highest BCUT2D eigenvalue weighted by molar-refractivity contribution is 5.82. The zero-order valence-corrected chi connectivity index (χ0v) is 16.6. The molecule has 7 nitrogen and oxygen atoms in total. The second-order valence-electron chi connectivity index (χ2n) is 7.02. The topological polar surface area (TPSA) is 87.6 Å². The van der Waals surface area contributed by atoms with Crippen molar-refractivity contribution in [2.24, 2.45) is 12.0 Å². The standard InChI is InChI=1S/C20H26FN5O2/c1-5-22-19(24-12-20(3,27)14-9-25-26(4)11-14)23-10-18-13(2)16-8-15(21)6-7-17(16)28-18/h6-9,11,27H,5,10,12H2,1-4H3,(H2,22,23,24). The average Bonchev–Trinajstić information content (AvgIpc) is 3.22. The van der Waals surface area contributed by atoms with Gasteiger partial charge >= 0.3 is 0 Å². The molecule has 150 valence electrons. The molecule has 0 aliphatic carbocycles. The second-order valence-corrected chi connectivity index (χ2v) is 7.02. The number of aliphatic imine (C=N–C) groups is 1. The van der Waals surface area contributed by atoms with Gasteiger partial charge in [-0.05, 0) is 39.0 Å². The SMILES string of the molecule is CCNC(=NCc1oc2ccc(F)cc2c1C)NCC(C)(O)c1cnn(C)c1. The molecule has 0 fully saturated rings. The quantitative estimate of drug-likeness (QED) is 0.447. The summed E-state index contributed by atoms with van der Waals surface area (Å²) in [4.78, 5) is 4.54. The molecule has 3 N–H and O–H groups in total. The summed E-state index contributed by atoms with van der Waals surface area (Å²) < 4.78 is 20.9. The average molecular weight is 387 g/mol. The van der Waals surface area contributed by atoms with Crippen molar-refractivity contribution in [3.8, 4) is 0 Å². The predicted octanol–water partition coefficient (Wildman–Crippen LogP) is 2.58. The van der Waals surface area contributed by atoms with E-state index in [9.17, 15) is 9.50 Å². The second kappa shape index (κ2) is 8.02. The van der Waals surface area contributed by atoms with Gasteiger partial charge in [-0.25, -0.2) is 9.38 Å². The van der Waals surface area contributed by atoms with E-state index in [4.69, 9.17) is 4.42 Å². The van der Waals surface area contributed by atoms with Crippen LogP contribution >= 0.6 is 0 Å². The molecule has 0 spiro atoms. The summed E-state index contributed by atoms with van der Waals surface area (Å²) in [5, 5.41) is 21.9. The summed E-state index contributed by atoms with van der Waals surface area (Å²) in [6.07, 6.45) is 3.42. The monoisotopic (exact) mass is 387 g/mol. The van der Waals surface area contributed by atoms with Gasteiger partial charge in [0.2, 0.25) is 0 Å². The number of rotatable bonds is 6. The van der Waals surface area contributed by atoms with Gasteiger partial charge in [0.15, 0.2) is 5.96 Å². The first-order chi connectivity index (χ1) is 13.3. The first kappa shape index (κ1) is 19.9. The van der Waals surface area contributed by atoms with Crippen LogP contribution in [0.5, 0.6) is 0 Å². The van der Waals surface area contributed by atoms with E-state index < -0.39 is 5.60 Å². The lowest BCUT2D eigenvalue weighted by Gasteiger charge is -2.23. The van der Waals surface area contributed by atoms with Crippen LogP contribution in [0.1, 0.15) is 30.7 Å². The molecule has 0 amide bonds.